The molecule has 2 aromatic carbocycles. The van der Waals surface area contributed by atoms with Crippen LogP contribution in [0.2, 0.25) is 0 Å². The highest BCUT2D eigenvalue weighted by atomic mass is 16.5. The van der Waals surface area contributed by atoms with Crippen molar-refractivity contribution in [2.45, 2.75) is 19.4 Å². The van der Waals surface area contributed by atoms with E-state index in [9.17, 15) is 14.4 Å². The van der Waals surface area contributed by atoms with E-state index in [4.69, 9.17) is 15.6 Å². The molecule has 1 unspecified atom stereocenters. The summed E-state index contributed by atoms with van der Waals surface area (Å²) in [4.78, 5) is 35.6. The van der Waals surface area contributed by atoms with Crippen molar-refractivity contribution in [3.63, 3.8) is 0 Å². The molecule has 136 valence electrons. The molecule has 0 saturated carbocycles. The van der Waals surface area contributed by atoms with E-state index in [-0.39, 0.29) is 24.2 Å². The molecule has 0 saturated heterocycles. The lowest BCUT2D eigenvalue weighted by atomic mass is 10.0. The Kier molecular flexibility index (Phi) is 6.32. The number of hydrogen-bond donors (Lipinski definition) is 3. The first kappa shape index (κ1) is 19.0. The fourth-order valence-electron chi connectivity index (χ4n) is 2.40. The van der Waals surface area contributed by atoms with Gasteiger partial charge in [0.1, 0.15) is 6.04 Å². The minimum absolute atomic E-state index is 0.141. The lowest BCUT2D eigenvalue weighted by Gasteiger charge is -2.18. The molecule has 0 fully saturated rings. The first-order chi connectivity index (χ1) is 12.4. The number of nitrogens with one attached hydrogen (secondary N) is 1. The molecule has 0 aliphatic rings. The van der Waals surface area contributed by atoms with E-state index in [1.54, 1.807) is 43.3 Å². The Labute approximate surface area is 150 Å². The predicted octanol–water partition coefficient (Wildman–Crippen LogP) is 1.87. The van der Waals surface area contributed by atoms with Crippen LogP contribution in [-0.2, 0) is 16.0 Å². The van der Waals surface area contributed by atoms with Crippen LogP contribution < -0.4 is 11.1 Å². The van der Waals surface area contributed by atoms with Crippen LogP contribution in [0.3, 0.4) is 0 Å². The van der Waals surface area contributed by atoms with E-state index in [2.05, 4.69) is 5.32 Å². The number of hydrogen-bond acceptors (Lipinski definition) is 5. The zero-order valence-corrected chi connectivity index (χ0v) is 14.3. The van der Waals surface area contributed by atoms with Crippen LogP contribution >= 0.6 is 0 Å². The van der Waals surface area contributed by atoms with E-state index in [0.29, 0.717) is 11.3 Å². The molecule has 1 amide bonds. The van der Waals surface area contributed by atoms with Crippen molar-refractivity contribution in [1.82, 2.24) is 5.32 Å². The number of para-hydroxylation sites is 1. The maximum absolute atomic E-state index is 12.4. The summed E-state index contributed by atoms with van der Waals surface area (Å²) in [5, 5.41) is 11.6. The lowest BCUT2D eigenvalue weighted by molar-refractivity contribution is -0.145. The zero-order chi connectivity index (χ0) is 19.1. The summed E-state index contributed by atoms with van der Waals surface area (Å²) in [7, 11) is 0. The van der Waals surface area contributed by atoms with Crippen molar-refractivity contribution in [2.24, 2.45) is 0 Å². The second-order valence-electron chi connectivity index (χ2n) is 5.57. The lowest BCUT2D eigenvalue weighted by Crippen LogP contribution is -2.43. The Morgan fingerprint density at radius 3 is 2.35 bits per heavy atom. The molecule has 0 bridgehead atoms. The smallest absolute Gasteiger partial charge is 0.335 e. The predicted molar refractivity (Wildman–Crippen MR) is 95.8 cm³/mol. The maximum atomic E-state index is 12.4. The molecule has 0 aromatic heterocycles. The molecule has 26 heavy (non-hydrogen) atoms. The van der Waals surface area contributed by atoms with Crippen LogP contribution in [0.25, 0.3) is 0 Å². The van der Waals surface area contributed by atoms with E-state index in [1.165, 1.54) is 12.1 Å². The van der Waals surface area contributed by atoms with E-state index < -0.39 is 23.9 Å². The molecule has 0 heterocycles. The highest BCUT2D eigenvalue weighted by Crippen LogP contribution is 2.12. The Morgan fingerprint density at radius 1 is 1.12 bits per heavy atom. The Bertz CT molecular complexity index is 802. The monoisotopic (exact) mass is 356 g/mol. The number of carbonyl (C=O) groups excluding carboxylic acids is 2. The largest absolute Gasteiger partial charge is 0.478 e. The molecule has 7 nitrogen and oxygen atoms in total. The highest BCUT2D eigenvalue weighted by Gasteiger charge is 2.24. The summed E-state index contributed by atoms with van der Waals surface area (Å²) in [5.41, 5.74) is 7.20. The average molecular weight is 356 g/mol. The number of rotatable bonds is 7. The van der Waals surface area contributed by atoms with Crippen molar-refractivity contribution < 1.29 is 24.2 Å². The van der Waals surface area contributed by atoms with E-state index in [1.807, 2.05) is 0 Å². The van der Waals surface area contributed by atoms with Gasteiger partial charge in [0.2, 0.25) is 0 Å². The number of anilines is 1. The third-order valence-electron chi connectivity index (χ3n) is 3.72. The van der Waals surface area contributed by atoms with Crippen LogP contribution in [0.1, 0.15) is 33.2 Å². The second-order valence-corrected chi connectivity index (χ2v) is 5.57. The summed E-state index contributed by atoms with van der Waals surface area (Å²) < 4.78 is 5.03. The molecular weight excluding hydrogens is 336 g/mol. The summed E-state index contributed by atoms with van der Waals surface area (Å²) >= 11 is 0. The third-order valence-corrected chi connectivity index (χ3v) is 3.72. The van der Waals surface area contributed by atoms with Gasteiger partial charge in [-0.25, -0.2) is 9.59 Å². The van der Waals surface area contributed by atoms with Gasteiger partial charge in [0.25, 0.3) is 5.91 Å². The molecule has 0 radical (unpaired) electrons. The molecule has 4 N–H and O–H groups in total. The van der Waals surface area contributed by atoms with Gasteiger partial charge in [0, 0.05) is 12.1 Å². The van der Waals surface area contributed by atoms with Gasteiger partial charge in [0.05, 0.1) is 17.7 Å². The molecule has 0 aliphatic heterocycles. The quantitative estimate of drug-likeness (QED) is 0.515. The Balaban J connectivity index is 2.18. The number of carboxylic acid groups (broad SMARTS) is 1. The first-order valence-electron chi connectivity index (χ1n) is 8.06. The number of ether oxygens (including phenoxy) is 1. The molecule has 7 heteroatoms. The summed E-state index contributed by atoms with van der Waals surface area (Å²) in [6.07, 6.45) is 0.164. The van der Waals surface area contributed by atoms with Gasteiger partial charge < -0.3 is 20.9 Å². The minimum atomic E-state index is -1.04. The van der Waals surface area contributed by atoms with Crippen molar-refractivity contribution >= 4 is 23.5 Å². The fraction of sp³-hybridized carbons (Fsp3) is 0.211. The number of nitrogen functional groups attached to an aromatic ring is 1. The van der Waals surface area contributed by atoms with Crippen molar-refractivity contribution in [3.8, 4) is 0 Å². The third kappa shape index (κ3) is 4.83. The molecule has 0 spiro atoms. The van der Waals surface area contributed by atoms with Crippen LogP contribution in [0.5, 0.6) is 0 Å². The number of amides is 1. The van der Waals surface area contributed by atoms with Crippen LogP contribution in [0.4, 0.5) is 5.69 Å². The standard InChI is InChI=1S/C19H20N2O5/c1-2-26-19(25)16(11-12-7-9-13(10-8-12)18(23)24)21-17(22)14-5-3-4-6-15(14)20/h3-10,16H,2,11,20H2,1H3,(H,21,22)(H,23,24). The Hall–Kier alpha value is -3.35. The van der Waals surface area contributed by atoms with Crippen LogP contribution in [0.15, 0.2) is 48.5 Å². The maximum Gasteiger partial charge on any atom is 0.335 e. The summed E-state index contributed by atoms with van der Waals surface area (Å²) in [5.74, 6) is -2.09. The zero-order valence-electron chi connectivity index (χ0n) is 14.3. The first-order valence-corrected chi connectivity index (χ1v) is 8.06. The molecular formula is C19H20N2O5. The number of esters is 1. The molecule has 0 aliphatic carbocycles. The summed E-state index contributed by atoms with van der Waals surface area (Å²) in [6.45, 7) is 1.85. The van der Waals surface area contributed by atoms with Crippen molar-refractivity contribution in [3.05, 3.63) is 65.2 Å². The second kappa shape index (κ2) is 8.66. The van der Waals surface area contributed by atoms with Gasteiger partial charge in [-0.15, -0.1) is 0 Å². The van der Waals surface area contributed by atoms with Crippen LogP contribution in [-0.4, -0.2) is 35.6 Å². The van der Waals surface area contributed by atoms with Crippen molar-refractivity contribution in [2.75, 3.05) is 12.3 Å². The van der Waals surface area contributed by atoms with Crippen LogP contribution in [0, 0.1) is 0 Å². The number of benzene rings is 2. The molecule has 2 aromatic rings. The normalized spacial score (nSPS) is 11.4. The van der Waals surface area contributed by atoms with E-state index in [0.717, 1.165) is 0 Å². The number of aromatic carboxylic acids is 1. The molecule has 1 atom stereocenters. The highest BCUT2D eigenvalue weighted by molar-refractivity contribution is 6.01. The number of nitrogens with two attached hydrogens (primary N) is 1. The Morgan fingerprint density at radius 2 is 1.77 bits per heavy atom. The molecule has 2 rings (SSSR count). The van der Waals surface area contributed by atoms with Gasteiger partial charge in [-0.05, 0) is 36.8 Å². The number of carboxylic acids is 1. The van der Waals surface area contributed by atoms with Gasteiger partial charge in [-0.3, -0.25) is 4.79 Å². The van der Waals surface area contributed by atoms with Crippen molar-refractivity contribution in [1.29, 1.82) is 0 Å². The van der Waals surface area contributed by atoms with Gasteiger partial charge in [-0.2, -0.15) is 0 Å². The summed E-state index contributed by atoms with van der Waals surface area (Å²) in [6, 6.07) is 11.7. The SMILES string of the molecule is CCOC(=O)C(Cc1ccc(C(=O)O)cc1)NC(=O)c1ccccc1N. The van der Waals surface area contributed by atoms with Gasteiger partial charge in [0.15, 0.2) is 0 Å². The van der Waals surface area contributed by atoms with Gasteiger partial charge in [-0.1, -0.05) is 24.3 Å². The topological polar surface area (TPSA) is 119 Å². The number of carbonyl (C=O) groups is 3. The minimum Gasteiger partial charge on any atom is -0.478 e. The van der Waals surface area contributed by atoms with Gasteiger partial charge >= 0.3 is 11.9 Å². The van der Waals surface area contributed by atoms with E-state index >= 15 is 0 Å². The average Bonchev–Trinajstić information content (AvgIpc) is 2.62. The fourth-order valence-corrected chi connectivity index (χ4v) is 2.40.